The van der Waals surface area contributed by atoms with E-state index in [0.717, 1.165) is 36.6 Å². The molecule has 21 heavy (non-hydrogen) atoms. The summed E-state index contributed by atoms with van der Waals surface area (Å²) in [5.74, 6) is 1.89. The van der Waals surface area contributed by atoms with Crippen LogP contribution in [-0.2, 0) is 13.5 Å². The van der Waals surface area contributed by atoms with Gasteiger partial charge in [-0.05, 0) is 30.7 Å². The van der Waals surface area contributed by atoms with Crippen molar-refractivity contribution in [1.82, 2.24) is 9.55 Å². The van der Waals surface area contributed by atoms with Crippen molar-refractivity contribution in [2.45, 2.75) is 32.6 Å². The molecule has 0 amide bonds. The van der Waals surface area contributed by atoms with E-state index < -0.39 is 0 Å². The second-order valence-electron chi connectivity index (χ2n) is 5.10. The second-order valence-corrected chi connectivity index (χ2v) is 5.10. The summed E-state index contributed by atoms with van der Waals surface area (Å²) in [6.07, 6.45) is 6.94. The molecule has 1 aromatic heterocycles. The Morgan fingerprint density at radius 3 is 2.67 bits per heavy atom. The summed E-state index contributed by atoms with van der Waals surface area (Å²) >= 11 is 0. The van der Waals surface area contributed by atoms with E-state index in [4.69, 9.17) is 4.74 Å². The summed E-state index contributed by atoms with van der Waals surface area (Å²) in [7, 11) is 1.94. The van der Waals surface area contributed by atoms with Crippen molar-refractivity contribution < 1.29 is 9.53 Å². The molecule has 0 spiro atoms. The summed E-state index contributed by atoms with van der Waals surface area (Å²) in [5.41, 5.74) is 0.729. The lowest BCUT2D eigenvalue weighted by Crippen LogP contribution is -2.05. The fourth-order valence-corrected chi connectivity index (χ4v) is 2.08. The number of aryl methyl sites for hydroxylation is 2. The molecule has 4 nitrogen and oxygen atoms in total. The largest absolute Gasteiger partial charge is 0.494 e. The number of ether oxygens (including phenoxy) is 1. The van der Waals surface area contributed by atoms with E-state index in [1.54, 1.807) is 6.20 Å². The van der Waals surface area contributed by atoms with Crippen LogP contribution in [0, 0.1) is 0 Å². The number of hydrogen-bond acceptors (Lipinski definition) is 3. The van der Waals surface area contributed by atoms with Crippen LogP contribution in [-0.4, -0.2) is 21.9 Å². The number of Topliss-reactive ketones (excluding diaryl/α,β-unsaturated/α-hetero) is 1. The highest BCUT2D eigenvalue weighted by Crippen LogP contribution is 2.14. The molecule has 0 fully saturated rings. The fraction of sp³-hybridized carbons (Fsp3) is 0.412. The van der Waals surface area contributed by atoms with E-state index in [1.165, 1.54) is 0 Å². The zero-order chi connectivity index (χ0) is 15.1. The van der Waals surface area contributed by atoms with Crippen LogP contribution in [0.1, 0.15) is 42.4 Å². The molecule has 0 aliphatic heterocycles. The Morgan fingerprint density at radius 2 is 2.05 bits per heavy atom. The average Bonchev–Trinajstić information content (AvgIpc) is 2.91. The van der Waals surface area contributed by atoms with Gasteiger partial charge in [0.1, 0.15) is 11.6 Å². The quantitative estimate of drug-likeness (QED) is 0.552. The molecule has 0 saturated heterocycles. The van der Waals surface area contributed by atoms with Gasteiger partial charge < -0.3 is 9.30 Å². The van der Waals surface area contributed by atoms with Crippen LogP contribution in [0.5, 0.6) is 5.75 Å². The van der Waals surface area contributed by atoms with Crippen LogP contribution in [0.4, 0.5) is 0 Å². The smallest absolute Gasteiger partial charge is 0.163 e. The number of rotatable bonds is 8. The molecule has 0 atom stereocenters. The van der Waals surface area contributed by atoms with Gasteiger partial charge in [-0.1, -0.05) is 13.3 Å². The number of ketones is 1. The molecule has 4 heteroatoms. The number of nitrogens with zero attached hydrogens (tertiary/aromatic N) is 2. The van der Waals surface area contributed by atoms with Gasteiger partial charge in [0.2, 0.25) is 0 Å². The molecular formula is C17H22N2O2. The highest BCUT2D eigenvalue weighted by Gasteiger charge is 2.08. The Hall–Kier alpha value is -2.10. The molecule has 2 rings (SSSR count). The summed E-state index contributed by atoms with van der Waals surface area (Å²) < 4.78 is 7.53. The molecule has 1 aromatic carbocycles. The Labute approximate surface area is 125 Å². The summed E-state index contributed by atoms with van der Waals surface area (Å²) in [6, 6.07) is 7.40. The Kier molecular flexibility index (Phi) is 5.55. The molecular weight excluding hydrogens is 264 g/mol. The van der Waals surface area contributed by atoms with Crippen LogP contribution in [0.25, 0.3) is 0 Å². The number of carbonyl (C=O) groups is 1. The van der Waals surface area contributed by atoms with Crippen molar-refractivity contribution in [2.24, 2.45) is 7.05 Å². The maximum atomic E-state index is 12.1. The number of imidazole rings is 1. The molecule has 112 valence electrons. The number of hydrogen-bond donors (Lipinski definition) is 0. The van der Waals surface area contributed by atoms with Gasteiger partial charge in [0.25, 0.3) is 0 Å². The minimum atomic E-state index is 0.137. The molecule has 0 aliphatic carbocycles. The van der Waals surface area contributed by atoms with Crippen molar-refractivity contribution >= 4 is 5.78 Å². The van der Waals surface area contributed by atoms with Gasteiger partial charge in [0.05, 0.1) is 6.61 Å². The zero-order valence-corrected chi connectivity index (χ0v) is 12.7. The summed E-state index contributed by atoms with van der Waals surface area (Å²) in [6.45, 7) is 2.86. The highest BCUT2D eigenvalue weighted by atomic mass is 16.5. The highest BCUT2D eigenvalue weighted by molar-refractivity contribution is 5.96. The van der Waals surface area contributed by atoms with Crippen LogP contribution < -0.4 is 4.74 Å². The second kappa shape index (κ2) is 7.62. The number of aromatic nitrogens is 2. The third-order valence-electron chi connectivity index (χ3n) is 3.44. The van der Waals surface area contributed by atoms with Gasteiger partial charge >= 0.3 is 0 Å². The Morgan fingerprint density at radius 1 is 1.29 bits per heavy atom. The lowest BCUT2D eigenvalue weighted by Gasteiger charge is -2.06. The van der Waals surface area contributed by atoms with Gasteiger partial charge in [-0.3, -0.25) is 4.79 Å². The molecule has 1 heterocycles. The minimum absolute atomic E-state index is 0.137. The van der Waals surface area contributed by atoms with Crippen molar-refractivity contribution in [3.8, 4) is 5.75 Å². The molecule has 0 N–H and O–H groups in total. The van der Waals surface area contributed by atoms with E-state index in [-0.39, 0.29) is 5.78 Å². The van der Waals surface area contributed by atoms with Crippen molar-refractivity contribution in [2.75, 3.05) is 6.61 Å². The van der Waals surface area contributed by atoms with E-state index in [2.05, 4.69) is 11.9 Å². The van der Waals surface area contributed by atoms with E-state index in [1.807, 2.05) is 42.1 Å². The molecule has 0 saturated carbocycles. The predicted octanol–water partition coefficient (Wildman–Crippen LogP) is 3.41. The first-order valence-corrected chi connectivity index (χ1v) is 7.43. The normalized spacial score (nSPS) is 10.6. The third-order valence-corrected chi connectivity index (χ3v) is 3.44. The Balaban J connectivity index is 1.86. The predicted molar refractivity (Wildman–Crippen MR) is 82.7 cm³/mol. The first-order valence-electron chi connectivity index (χ1n) is 7.43. The van der Waals surface area contributed by atoms with E-state index >= 15 is 0 Å². The maximum absolute atomic E-state index is 12.1. The van der Waals surface area contributed by atoms with Gasteiger partial charge in [-0.2, -0.15) is 0 Å². The van der Waals surface area contributed by atoms with Crippen molar-refractivity contribution in [1.29, 1.82) is 0 Å². The summed E-state index contributed by atoms with van der Waals surface area (Å²) in [4.78, 5) is 16.4. The van der Waals surface area contributed by atoms with E-state index in [9.17, 15) is 4.79 Å². The Bertz CT molecular complexity index is 573. The number of unbranched alkanes of at least 4 members (excludes halogenated alkanes) is 1. The standard InChI is InChI=1S/C17H22N2O2/c1-3-4-13-21-15-7-5-14(6-8-15)16(20)9-10-17-18-11-12-19(17)2/h5-8,11-12H,3-4,9-10,13H2,1-2H3. The first-order chi connectivity index (χ1) is 10.2. The van der Waals surface area contributed by atoms with Gasteiger partial charge in [0.15, 0.2) is 5.78 Å². The van der Waals surface area contributed by atoms with E-state index in [0.29, 0.717) is 12.8 Å². The van der Waals surface area contributed by atoms with Crippen molar-refractivity contribution in [3.05, 3.63) is 48.0 Å². The molecule has 0 radical (unpaired) electrons. The SMILES string of the molecule is CCCCOc1ccc(C(=O)CCc2nccn2C)cc1. The van der Waals surface area contributed by atoms with Gasteiger partial charge in [-0.25, -0.2) is 4.98 Å². The topological polar surface area (TPSA) is 44.1 Å². The van der Waals surface area contributed by atoms with Crippen LogP contribution in [0.2, 0.25) is 0 Å². The monoisotopic (exact) mass is 286 g/mol. The minimum Gasteiger partial charge on any atom is -0.494 e. The molecule has 0 unspecified atom stereocenters. The maximum Gasteiger partial charge on any atom is 0.163 e. The van der Waals surface area contributed by atoms with Crippen LogP contribution in [0.3, 0.4) is 0 Å². The van der Waals surface area contributed by atoms with Crippen LogP contribution in [0.15, 0.2) is 36.7 Å². The van der Waals surface area contributed by atoms with Gasteiger partial charge in [-0.15, -0.1) is 0 Å². The number of carbonyl (C=O) groups excluding carboxylic acids is 1. The molecule has 0 aliphatic rings. The van der Waals surface area contributed by atoms with Gasteiger partial charge in [0, 0.05) is 37.8 Å². The average molecular weight is 286 g/mol. The summed E-state index contributed by atoms with van der Waals surface area (Å²) in [5, 5.41) is 0. The molecule has 2 aromatic rings. The zero-order valence-electron chi connectivity index (χ0n) is 12.7. The lowest BCUT2D eigenvalue weighted by molar-refractivity contribution is 0.0982. The number of benzene rings is 1. The lowest BCUT2D eigenvalue weighted by atomic mass is 10.1. The fourth-order valence-electron chi connectivity index (χ4n) is 2.08. The first kappa shape index (κ1) is 15.3. The van der Waals surface area contributed by atoms with Crippen LogP contribution >= 0.6 is 0 Å². The molecule has 0 bridgehead atoms. The van der Waals surface area contributed by atoms with Crippen molar-refractivity contribution in [3.63, 3.8) is 0 Å². The third kappa shape index (κ3) is 4.45.